The Morgan fingerprint density at radius 1 is 0.821 bits per heavy atom. The number of aryl methyl sites for hydroxylation is 2. The standard InChI is InChI=1S/C24H27NO3/c1-17-7-11-19(12-8-17)24(28,20-13-9-18(2)10-14-20)22-5-3-4-6-23(22)25-15-21(27)16-26/h3-14,21,25-28H,15-16H2,1-2H3. The summed E-state index contributed by atoms with van der Waals surface area (Å²) in [6.07, 6.45) is -0.875. The fourth-order valence-corrected chi connectivity index (χ4v) is 3.31. The van der Waals surface area contributed by atoms with Gasteiger partial charge in [-0.1, -0.05) is 77.9 Å². The van der Waals surface area contributed by atoms with E-state index in [0.29, 0.717) is 11.3 Å². The third-order valence-corrected chi connectivity index (χ3v) is 4.99. The predicted molar refractivity (Wildman–Crippen MR) is 112 cm³/mol. The van der Waals surface area contributed by atoms with Crippen molar-refractivity contribution in [3.63, 3.8) is 0 Å². The minimum Gasteiger partial charge on any atom is -0.394 e. The fraction of sp³-hybridized carbons (Fsp3) is 0.250. The lowest BCUT2D eigenvalue weighted by Gasteiger charge is -2.32. The zero-order valence-corrected chi connectivity index (χ0v) is 16.3. The normalized spacial score (nSPS) is 12.6. The third kappa shape index (κ3) is 4.09. The van der Waals surface area contributed by atoms with Gasteiger partial charge in [0.25, 0.3) is 0 Å². The van der Waals surface area contributed by atoms with E-state index in [-0.39, 0.29) is 13.2 Å². The lowest BCUT2D eigenvalue weighted by molar-refractivity contribution is 0.105. The molecular weight excluding hydrogens is 350 g/mol. The van der Waals surface area contributed by atoms with Crippen LogP contribution >= 0.6 is 0 Å². The van der Waals surface area contributed by atoms with Crippen LogP contribution in [0.2, 0.25) is 0 Å². The first-order valence-corrected chi connectivity index (χ1v) is 9.44. The van der Waals surface area contributed by atoms with Crippen LogP contribution in [0.3, 0.4) is 0 Å². The Balaban J connectivity index is 2.15. The van der Waals surface area contributed by atoms with Crippen molar-refractivity contribution >= 4 is 5.69 Å². The van der Waals surface area contributed by atoms with Crippen LogP contribution in [0.15, 0.2) is 72.8 Å². The van der Waals surface area contributed by atoms with Crippen molar-refractivity contribution in [2.24, 2.45) is 0 Å². The molecule has 28 heavy (non-hydrogen) atoms. The lowest BCUT2D eigenvalue weighted by Crippen LogP contribution is -2.31. The molecule has 0 saturated carbocycles. The highest BCUT2D eigenvalue weighted by molar-refractivity contribution is 5.61. The summed E-state index contributed by atoms with van der Waals surface area (Å²) in [7, 11) is 0. The molecule has 0 radical (unpaired) electrons. The third-order valence-electron chi connectivity index (χ3n) is 4.99. The molecule has 0 saturated heterocycles. The van der Waals surface area contributed by atoms with Gasteiger partial charge >= 0.3 is 0 Å². The summed E-state index contributed by atoms with van der Waals surface area (Å²) < 4.78 is 0. The quantitative estimate of drug-likeness (QED) is 0.477. The zero-order valence-electron chi connectivity index (χ0n) is 16.3. The molecule has 3 rings (SSSR count). The molecular formula is C24H27NO3. The van der Waals surface area contributed by atoms with Crippen LogP contribution in [-0.2, 0) is 5.60 Å². The second-order valence-electron chi connectivity index (χ2n) is 7.21. The number of aliphatic hydroxyl groups excluding tert-OH is 2. The topological polar surface area (TPSA) is 72.7 Å². The maximum absolute atomic E-state index is 12.1. The van der Waals surface area contributed by atoms with Gasteiger partial charge in [-0.2, -0.15) is 0 Å². The van der Waals surface area contributed by atoms with Crippen LogP contribution in [-0.4, -0.2) is 34.6 Å². The summed E-state index contributed by atoms with van der Waals surface area (Å²) in [5.41, 5.74) is 3.79. The second-order valence-corrected chi connectivity index (χ2v) is 7.21. The van der Waals surface area contributed by atoms with Gasteiger partial charge in [-0.05, 0) is 31.0 Å². The number of hydrogen-bond donors (Lipinski definition) is 4. The van der Waals surface area contributed by atoms with Crippen LogP contribution in [0.1, 0.15) is 27.8 Å². The van der Waals surface area contributed by atoms with Crippen LogP contribution in [0.5, 0.6) is 0 Å². The Bertz CT molecular complexity index is 858. The Kier molecular flexibility index (Phi) is 6.15. The highest BCUT2D eigenvalue weighted by Crippen LogP contribution is 2.40. The van der Waals surface area contributed by atoms with Gasteiger partial charge in [-0.25, -0.2) is 0 Å². The summed E-state index contributed by atoms with van der Waals surface area (Å²) >= 11 is 0. The average Bonchev–Trinajstić information content (AvgIpc) is 2.72. The van der Waals surface area contributed by atoms with Crippen LogP contribution < -0.4 is 5.32 Å². The summed E-state index contributed by atoms with van der Waals surface area (Å²) in [4.78, 5) is 0. The molecule has 1 atom stereocenters. The van der Waals surface area contributed by atoms with E-state index >= 15 is 0 Å². The van der Waals surface area contributed by atoms with Crippen molar-refractivity contribution in [1.82, 2.24) is 0 Å². The highest BCUT2D eigenvalue weighted by atomic mass is 16.3. The first-order chi connectivity index (χ1) is 13.4. The van der Waals surface area contributed by atoms with Gasteiger partial charge in [0.1, 0.15) is 5.60 Å². The molecule has 0 bridgehead atoms. The SMILES string of the molecule is Cc1ccc(C(O)(c2ccc(C)cc2)c2ccccc2NCC(O)CO)cc1. The Hall–Kier alpha value is -2.66. The van der Waals surface area contributed by atoms with Gasteiger partial charge in [-0.3, -0.25) is 0 Å². The molecule has 1 unspecified atom stereocenters. The van der Waals surface area contributed by atoms with Gasteiger partial charge in [0.15, 0.2) is 0 Å². The van der Waals surface area contributed by atoms with Crippen LogP contribution in [0.4, 0.5) is 5.69 Å². The lowest BCUT2D eigenvalue weighted by atomic mass is 9.79. The molecule has 0 aliphatic carbocycles. The van der Waals surface area contributed by atoms with Crippen molar-refractivity contribution in [1.29, 1.82) is 0 Å². The number of rotatable bonds is 7. The van der Waals surface area contributed by atoms with E-state index in [9.17, 15) is 10.2 Å². The van der Waals surface area contributed by atoms with E-state index in [4.69, 9.17) is 5.11 Å². The molecule has 0 heterocycles. The maximum Gasteiger partial charge on any atom is 0.142 e. The smallest absolute Gasteiger partial charge is 0.142 e. The number of anilines is 1. The number of nitrogens with one attached hydrogen (secondary N) is 1. The van der Waals surface area contributed by atoms with Gasteiger partial charge in [0.2, 0.25) is 0 Å². The summed E-state index contributed by atoms with van der Waals surface area (Å²) in [5.74, 6) is 0. The number of hydrogen-bond acceptors (Lipinski definition) is 4. The van der Waals surface area contributed by atoms with Gasteiger partial charge in [0, 0.05) is 17.8 Å². The number of benzene rings is 3. The van der Waals surface area contributed by atoms with E-state index in [0.717, 1.165) is 22.3 Å². The number of para-hydroxylation sites is 1. The first kappa shape index (κ1) is 20.1. The molecule has 0 fully saturated rings. The molecule has 4 heteroatoms. The van der Waals surface area contributed by atoms with E-state index in [2.05, 4.69) is 5.32 Å². The molecule has 0 aliphatic heterocycles. The highest BCUT2D eigenvalue weighted by Gasteiger charge is 2.35. The minimum absolute atomic E-state index is 0.186. The summed E-state index contributed by atoms with van der Waals surface area (Å²) in [5, 5.41) is 34.1. The maximum atomic E-state index is 12.1. The van der Waals surface area contributed by atoms with E-state index in [1.54, 1.807) is 0 Å². The minimum atomic E-state index is -1.37. The predicted octanol–water partition coefficient (Wildman–Crippen LogP) is 3.35. The molecule has 0 amide bonds. The van der Waals surface area contributed by atoms with Crippen LogP contribution in [0.25, 0.3) is 0 Å². The fourth-order valence-electron chi connectivity index (χ4n) is 3.31. The van der Waals surface area contributed by atoms with Crippen molar-refractivity contribution in [3.8, 4) is 0 Å². The Morgan fingerprint density at radius 2 is 1.32 bits per heavy atom. The van der Waals surface area contributed by atoms with E-state index < -0.39 is 11.7 Å². The van der Waals surface area contributed by atoms with Crippen molar-refractivity contribution in [2.45, 2.75) is 25.6 Å². The molecule has 3 aromatic carbocycles. The van der Waals surface area contributed by atoms with Gasteiger partial charge in [0.05, 0.1) is 12.7 Å². The monoisotopic (exact) mass is 377 g/mol. The number of aliphatic hydroxyl groups is 3. The van der Waals surface area contributed by atoms with Crippen LogP contribution in [0, 0.1) is 13.8 Å². The Morgan fingerprint density at radius 3 is 1.82 bits per heavy atom. The van der Waals surface area contributed by atoms with Crippen molar-refractivity contribution in [2.75, 3.05) is 18.5 Å². The average molecular weight is 377 g/mol. The van der Waals surface area contributed by atoms with E-state index in [1.807, 2.05) is 86.6 Å². The first-order valence-electron chi connectivity index (χ1n) is 9.44. The molecule has 4 N–H and O–H groups in total. The van der Waals surface area contributed by atoms with Crippen molar-refractivity contribution < 1.29 is 15.3 Å². The molecule has 0 spiro atoms. The molecule has 0 aromatic heterocycles. The summed E-state index contributed by atoms with van der Waals surface area (Å²) in [6, 6.07) is 23.2. The Labute approximate surface area is 166 Å². The van der Waals surface area contributed by atoms with Gasteiger partial charge in [-0.15, -0.1) is 0 Å². The largest absolute Gasteiger partial charge is 0.394 e. The molecule has 3 aromatic rings. The van der Waals surface area contributed by atoms with Gasteiger partial charge < -0.3 is 20.6 Å². The van der Waals surface area contributed by atoms with E-state index in [1.165, 1.54) is 0 Å². The zero-order chi connectivity index (χ0) is 20.1. The molecule has 4 nitrogen and oxygen atoms in total. The summed E-state index contributed by atoms with van der Waals surface area (Å²) in [6.45, 7) is 3.89. The molecule has 146 valence electrons. The van der Waals surface area contributed by atoms with Crippen molar-refractivity contribution in [3.05, 3.63) is 101 Å². The second kappa shape index (κ2) is 8.57. The molecule has 0 aliphatic rings.